The molecule has 0 aromatic rings. The van der Waals surface area contributed by atoms with E-state index < -0.39 is 0 Å². The Hall–Kier alpha value is -0.0800. The zero-order valence-corrected chi connectivity index (χ0v) is 10.0. The SMILES string of the molecule is OC1CCC2C(C1)C(O)C[C@@H]1CCCC[C@H]21. The van der Waals surface area contributed by atoms with Crippen LogP contribution in [0.3, 0.4) is 0 Å². The van der Waals surface area contributed by atoms with Gasteiger partial charge in [0, 0.05) is 0 Å². The van der Waals surface area contributed by atoms with E-state index in [2.05, 4.69) is 0 Å². The van der Waals surface area contributed by atoms with E-state index in [0.717, 1.165) is 43.4 Å². The summed E-state index contributed by atoms with van der Waals surface area (Å²) in [6.07, 6.45) is 9.21. The molecular formula is C14H24O2. The third-order valence-electron chi connectivity index (χ3n) is 5.48. The van der Waals surface area contributed by atoms with Gasteiger partial charge in [-0.05, 0) is 55.8 Å². The topological polar surface area (TPSA) is 40.5 Å². The van der Waals surface area contributed by atoms with E-state index in [1.165, 1.54) is 25.7 Å². The van der Waals surface area contributed by atoms with Gasteiger partial charge in [-0.1, -0.05) is 19.3 Å². The second-order valence-corrected chi connectivity index (χ2v) is 6.31. The monoisotopic (exact) mass is 224 g/mol. The maximum Gasteiger partial charge on any atom is 0.0574 e. The van der Waals surface area contributed by atoms with Crippen molar-refractivity contribution in [1.82, 2.24) is 0 Å². The molecule has 16 heavy (non-hydrogen) atoms. The Morgan fingerprint density at radius 1 is 0.688 bits per heavy atom. The van der Waals surface area contributed by atoms with E-state index in [0.29, 0.717) is 5.92 Å². The van der Waals surface area contributed by atoms with Crippen LogP contribution in [0.1, 0.15) is 51.4 Å². The first kappa shape index (κ1) is 11.0. The van der Waals surface area contributed by atoms with Crippen LogP contribution in [0.4, 0.5) is 0 Å². The fraction of sp³-hybridized carbons (Fsp3) is 1.00. The molecule has 3 aliphatic carbocycles. The van der Waals surface area contributed by atoms with E-state index in [4.69, 9.17) is 0 Å². The molecular weight excluding hydrogens is 200 g/mol. The van der Waals surface area contributed by atoms with Crippen LogP contribution in [0.5, 0.6) is 0 Å². The van der Waals surface area contributed by atoms with Crippen molar-refractivity contribution < 1.29 is 10.2 Å². The lowest BCUT2D eigenvalue weighted by molar-refractivity contribution is -0.0881. The molecule has 0 bridgehead atoms. The molecule has 3 fully saturated rings. The van der Waals surface area contributed by atoms with Crippen molar-refractivity contribution in [2.45, 2.75) is 63.6 Å². The average molecular weight is 224 g/mol. The van der Waals surface area contributed by atoms with Crippen molar-refractivity contribution in [2.75, 3.05) is 0 Å². The molecule has 2 nitrogen and oxygen atoms in total. The molecule has 0 amide bonds. The molecule has 0 radical (unpaired) electrons. The molecule has 6 atom stereocenters. The first-order chi connectivity index (χ1) is 7.75. The highest BCUT2D eigenvalue weighted by molar-refractivity contribution is 4.96. The lowest BCUT2D eigenvalue weighted by atomic mass is 9.56. The molecule has 2 heteroatoms. The van der Waals surface area contributed by atoms with Gasteiger partial charge in [0.1, 0.15) is 0 Å². The number of aliphatic hydroxyl groups excluding tert-OH is 2. The summed E-state index contributed by atoms with van der Waals surface area (Å²) < 4.78 is 0. The van der Waals surface area contributed by atoms with Gasteiger partial charge in [-0.3, -0.25) is 0 Å². The number of hydrogen-bond donors (Lipinski definition) is 2. The van der Waals surface area contributed by atoms with E-state index >= 15 is 0 Å². The minimum atomic E-state index is -0.143. The highest BCUT2D eigenvalue weighted by Gasteiger charge is 2.46. The van der Waals surface area contributed by atoms with Crippen LogP contribution >= 0.6 is 0 Å². The maximum absolute atomic E-state index is 10.2. The van der Waals surface area contributed by atoms with Crippen molar-refractivity contribution in [3.8, 4) is 0 Å². The molecule has 3 aliphatic rings. The fourth-order valence-electron chi connectivity index (χ4n) is 4.76. The first-order valence-corrected chi connectivity index (χ1v) is 7.12. The van der Waals surface area contributed by atoms with Crippen LogP contribution in [-0.4, -0.2) is 22.4 Å². The Morgan fingerprint density at radius 3 is 2.38 bits per heavy atom. The minimum absolute atomic E-state index is 0.126. The summed E-state index contributed by atoms with van der Waals surface area (Å²) in [7, 11) is 0. The van der Waals surface area contributed by atoms with Crippen molar-refractivity contribution in [1.29, 1.82) is 0 Å². The average Bonchev–Trinajstić information content (AvgIpc) is 2.29. The van der Waals surface area contributed by atoms with E-state index in [1.54, 1.807) is 0 Å². The third kappa shape index (κ3) is 1.80. The van der Waals surface area contributed by atoms with Gasteiger partial charge in [-0.15, -0.1) is 0 Å². The molecule has 0 heterocycles. The van der Waals surface area contributed by atoms with Crippen molar-refractivity contribution >= 4 is 0 Å². The molecule has 3 rings (SSSR count). The quantitative estimate of drug-likeness (QED) is 0.663. The third-order valence-corrected chi connectivity index (χ3v) is 5.48. The molecule has 0 aromatic heterocycles. The van der Waals surface area contributed by atoms with Crippen LogP contribution in [0.25, 0.3) is 0 Å². The molecule has 92 valence electrons. The second kappa shape index (κ2) is 4.30. The van der Waals surface area contributed by atoms with Gasteiger partial charge in [0.15, 0.2) is 0 Å². The summed E-state index contributed by atoms with van der Waals surface area (Å²) in [5.74, 6) is 2.79. The number of fused-ring (bicyclic) bond motifs is 3. The van der Waals surface area contributed by atoms with E-state index in [1.807, 2.05) is 0 Å². The van der Waals surface area contributed by atoms with Crippen LogP contribution in [-0.2, 0) is 0 Å². The van der Waals surface area contributed by atoms with Gasteiger partial charge in [-0.2, -0.15) is 0 Å². The molecule has 3 saturated carbocycles. The van der Waals surface area contributed by atoms with Gasteiger partial charge in [0.2, 0.25) is 0 Å². The lowest BCUT2D eigenvalue weighted by Crippen LogP contribution is -2.47. The van der Waals surface area contributed by atoms with E-state index in [-0.39, 0.29) is 12.2 Å². The summed E-state index contributed by atoms with van der Waals surface area (Å²) in [5, 5.41) is 20.0. The first-order valence-electron chi connectivity index (χ1n) is 7.12. The predicted molar refractivity (Wildman–Crippen MR) is 62.9 cm³/mol. The molecule has 4 unspecified atom stereocenters. The molecule has 0 spiro atoms. The fourth-order valence-corrected chi connectivity index (χ4v) is 4.76. The normalized spacial score (nSPS) is 52.9. The molecule has 0 aliphatic heterocycles. The number of hydrogen-bond acceptors (Lipinski definition) is 2. The Kier molecular flexibility index (Phi) is 2.97. The predicted octanol–water partition coefficient (Wildman–Crippen LogP) is 2.33. The minimum Gasteiger partial charge on any atom is -0.393 e. The largest absolute Gasteiger partial charge is 0.393 e. The van der Waals surface area contributed by atoms with Crippen molar-refractivity contribution in [2.24, 2.45) is 23.7 Å². The highest BCUT2D eigenvalue weighted by Crippen LogP contribution is 2.51. The number of aliphatic hydroxyl groups is 2. The summed E-state index contributed by atoms with van der Waals surface area (Å²) in [6, 6.07) is 0. The lowest BCUT2D eigenvalue weighted by Gasteiger charge is -2.51. The Bertz CT molecular complexity index is 251. The molecule has 0 aromatic carbocycles. The smallest absolute Gasteiger partial charge is 0.0574 e. The van der Waals surface area contributed by atoms with E-state index in [9.17, 15) is 10.2 Å². The summed E-state index contributed by atoms with van der Waals surface area (Å²) >= 11 is 0. The molecule has 0 saturated heterocycles. The molecule has 2 N–H and O–H groups in total. The Morgan fingerprint density at radius 2 is 1.50 bits per heavy atom. The zero-order valence-electron chi connectivity index (χ0n) is 10.0. The number of rotatable bonds is 0. The van der Waals surface area contributed by atoms with Gasteiger partial charge < -0.3 is 10.2 Å². The standard InChI is InChI=1S/C14H24O2/c15-10-5-6-12-11-4-2-1-3-9(11)7-14(16)13(12)8-10/h9-16H,1-8H2/t9-,10?,11-,12?,13?,14?/m0/s1. The van der Waals surface area contributed by atoms with Gasteiger partial charge in [-0.25, -0.2) is 0 Å². The maximum atomic E-state index is 10.2. The van der Waals surface area contributed by atoms with Gasteiger partial charge in [0.25, 0.3) is 0 Å². The summed E-state index contributed by atoms with van der Waals surface area (Å²) in [5.41, 5.74) is 0. The Balaban J connectivity index is 1.78. The second-order valence-electron chi connectivity index (χ2n) is 6.31. The van der Waals surface area contributed by atoms with Crippen molar-refractivity contribution in [3.63, 3.8) is 0 Å². The van der Waals surface area contributed by atoms with Gasteiger partial charge >= 0.3 is 0 Å². The summed E-state index contributed by atoms with van der Waals surface area (Å²) in [6.45, 7) is 0. The van der Waals surface area contributed by atoms with Crippen LogP contribution in [0, 0.1) is 23.7 Å². The zero-order chi connectivity index (χ0) is 11.1. The van der Waals surface area contributed by atoms with Crippen LogP contribution < -0.4 is 0 Å². The Labute approximate surface area is 98.1 Å². The highest BCUT2D eigenvalue weighted by atomic mass is 16.3. The van der Waals surface area contributed by atoms with Crippen LogP contribution in [0.2, 0.25) is 0 Å². The summed E-state index contributed by atoms with van der Waals surface area (Å²) in [4.78, 5) is 0. The van der Waals surface area contributed by atoms with Crippen LogP contribution in [0.15, 0.2) is 0 Å². The van der Waals surface area contributed by atoms with Crippen molar-refractivity contribution in [3.05, 3.63) is 0 Å². The van der Waals surface area contributed by atoms with Gasteiger partial charge in [0.05, 0.1) is 12.2 Å².